The number of nitrogens with two attached hydrogens (primary N) is 2. The van der Waals surface area contributed by atoms with Gasteiger partial charge < -0.3 is 16.2 Å². The number of pyridine rings is 1. The first-order valence-corrected chi connectivity index (χ1v) is 10.9. The van der Waals surface area contributed by atoms with Crippen molar-refractivity contribution in [3.63, 3.8) is 0 Å². The van der Waals surface area contributed by atoms with Crippen LogP contribution in [0.4, 0.5) is 14.7 Å². The average molecular weight is 451 g/mol. The monoisotopic (exact) mass is 451 g/mol. The van der Waals surface area contributed by atoms with Crippen molar-refractivity contribution >= 4 is 22.5 Å². The van der Waals surface area contributed by atoms with E-state index in [2.05, 4.69) is 15.1 Å². The summed E-state index contributed by atoms with van der Waals surface area (Å²) in [5, 5.41) is 5.44. The van der Waals surface area contributed by atoms with Gasteiger partial charge in [-0.1, -0.05) is 12.1 Å². The van der Waals surface area contributed by atoms with E-state index in [1.807, 2.05) is 30.3 Å². The van der Waals surface area contributed by atoms with Crippen molar-refractivity contribution in [1.29, 1.82) is 0 Å². The van der Waals surface area contributed by atoms with E-state index in [4.69, 9.17) is 21.2 Å². The van der Waals surface area contributed by atoms with Crippen LogP contribution in [0.25, 0.3) is 16.6 Å². The third-order valence-electron chi connectivity index (χ3n) is 6.96. The van der Waals surface area contributed by atoms with E-state index >= 15 is 0 Å². The first-order chi connectivity index (χ1) is 15.8. The molecule has 0 unspecified atom stereocenters. The molecule has 3 heterocycles. The molecule has 3 aromatic heterocycles. The molecule has 2 aliphatic rings. The lowest BCUT2D eigenvalue weighted by molar-refractivity contribution is -0.125. The van der Waals surface area contributed by atoms with Gasteiger partial charge in [-0.2, -0.15) is 4.52 Å². The summed E-state index contributed by atoms with van der Waals surface area (Å²) in [7, 11) is 1.59. The van der Waals surface area contributed by atoms with Gasteiger partial charge in [-0.15, -0.1) is 5.10 Å². The van der Waals surface area contributed by atoms with E-state index in [0.29, 0.717) is 22.5 Å². The molecule has 0 atom stereocenters. The Morgan fingerprint density at radius 1 is 1.09 bits per heavy atom. The van der Waals surface area contributed by atoms with Crippen LogP contribution in [0.1, 0.15) is 54.6 Å². The van der Waals surface area contributed by atoms with E-state index in [1.54, 1.807) is 17.8 Å². The summed E-state index contributed by atoms with van der Waals surface area (Å²) in [5.41, 5.74) is 14.2. The lowest BCUT2D eigenvalue weighted by atomic mass is 9.69. The topological polar surface area (TPSA) is 117 Å². The predicted octanol–water partition coefficient (Wildman–Crippen LogP) is 3.51. The molecule has 8 nitrogen and oxygen atoms in total. The number of ether oxygens (including phenoxy) is 1. The fourth-order valence-corrected chi connectivity index (χ4v) is 5.07. The smallest absolute Gasteiger partial charge is 0.252 e. The number of nitrogens with zero attached hydrogens (tertiary/aromatic N) is 5. The van der Waals surface area contributed by atoms with Crippen LogP contribution in [0.3, 0.4) is 0 Å². The number of anilines is 1. The van der Waals surface area contributed by atoms with Gasteiger partial charge in [0.1, 0.15) is 11.3 Å². The highest BCUT2D eigenvalue weighted by Gasteiger charge is 2.55. The van der Waals surface area contributed by atoms with Crippen LogP contribution in [0, 0.1) is 0 Å². The van der Waals surface area contributed by atoms with E-state index < -0.39 is 11.5 Å². The molecule has 6 rings (SSSR count). The predicted molar refractivity (Wildman–Crippen MR) is 118 cm³/mol. The molecular formula is C23H23F2N7O. The Labute approximate surface area is 188 Å². The Bertz CT molecular complexity index is 1370. The summed E-state index contributed by atoms with van der Waals surface area (Å²) >= 11 is 0. The summed E-state index contributed by atoms with van der Waals surface area (Å²) < 4.78 is 33.6. The summed E-state index contributed by atoms with van der Waals surface area (Å²) in [6, 6.07) is 9.38. The van der Waals surface area contributed by atoms with Crippen LogP contribution in [-0.2, 0) is 5.54 Å². The van der Waals surface area contributed by atoms with Crippen LogP contribution in [-0.4, -0.2) is 37.6 Å². The maximum atomic E-state index is 13.3. The van der Waals surface area contributed by atoms with Crippen molar-refractivity contribution < 1.29 is 13.5 Å². The number of hydrogen-bond acceptors (Lipinski definition) is 7. The van der Waals surface area contributed by atoms with Gasteiger partial charge in [0.15, 0.2) is 11.5 Å². The first kappa shape index (κ1) is 20.2. The van der Waals surface area contributed by atoms with Crippen molar-refractivity contribution in [2.24, 2.45) is 5.73 Å². The standard InChI is InChI=1S/C23H23F2N7O/c1-33-17-4-2-3-15-18(17)29-21(26)32-20(15)30-19(31-32)13-7-12(8-13)16-6-5-14(9-28-16)22(27)10-23(24,25)11-22/h2-6,9,12-13H,7-8,10-11,27H2,1H3,(H2,26,29). The summed E-state index contributed by atoms with van der Waals surface area (Å²) in [5.74, 6) is -0.614. The minimum Gasteiger partial charge on any atom is -0.494 e. The van der Waals surface area contributed by atoms with Crippen LogP contribution in [0.2, 0.25) is 0 Å². The van der Waals surface area contributed by atoms with Crippen molar-refractivity contribution in [2.75, 3.05) is 12.8 Å². The third kappa shape index (κ3) is 3.12. The first-order valence-electron chi connectivity index (χ1n) is 10.9. The maximum Gasteiger partial charge on any atom is 0.252 e. The maximum absolute atomic E-state index is 13.3. The Hall–Kier alpha value is -3.40. The highest BCUT2D eigenvalue weighted by molar-refractivity contribution is 5.95. The van der Waals surface area contributed by atoms with Crippen molar-refractivity contribution in [1.82, 2.24) is 24.6 Å². The molecule has 2 saturated carbocycles. The van der Waals surface area contributed by atoms with Gasteiger partial charge in [-0.05, 0) is 36.6 Å². The highest BCUT2D eigenvalue weighted by atomic mass is 19.3. The second-order valence-corrected chi connectivity index (χ2v) is 9.23. The van der Waals surface area contributed by atoms with Gasteiger partial charge >= 0.3 is 0 Å². The van der Waals surface area contributed by atoms with Crippen LogP contribution >= 0.6 is 0 Å². The quantitative estimate of drug-likeness (QED) is 0.488. The minimum absolute atomic E-state index is 0.183. The van der Waals surface area contributed by atoms with E-state index in [-0.39, 0.29) is 30.6 Å². The SMILES string of the molecule is COc1cccc2c1nc(N)n1nc(C3CC(c4ccc(C5(N)CC(F)(F)C5)cn4)C3)nc21. The molecule has 4 N–H and O–H groups in total. The largest absolute Gasteiger partial charge is 0.494 e. The van der Waals surface area contributed by atoms with Gasteiger partial charge in [-0.3, -0.25) is 4.98 Å². The Morgan fingerprint density at radius 2 is 1.88 bits per heavy atom. The molecule has 170 valence electrons. The molecule has 0 spiro atoms. The zero-order valence-corrected chi connectivity index (χ0v) is 18.0. The number of halogens is 2. The molecule has 0 amide bonds. The number of benzene rings is 1. The molecular weight excluding hydrogens is 428 g/mol. The molecule has 0 aliphatic heterocycles. The fraction of sp³-hybridized carbons (Fsp3) is 0.391. The fourth-order valence-electron chi connectivity index (χ4n) is 5.07. The van der Waals surface area contributed by atoms with Crippen molar-refractivity contribution in [3.05, 3.63) is 53.6 Å². The average Bonchev–Trinajstić information content (AvgIpc) is 3.17. The van der Waals surface area contributed by atoms with Crippen molar-refractivity contribution in [3.8, 4) is 5.75 Å². The Morgan fingerprint density at radius 3 is 2.55 bits per heavy atom. The molecule has 2 fully saturated rings. The van der Waals surface area contributed by atoms with Gasteiger partial charge in [0.25, 0.3) is 5.92 Å². The van der Waals surface area contributed by atoms with E-state index in [0.717, 1.165) is 29.7 Å². The highest BCUT2D eigenvalue weighted by Crippen LogP contribution is 2.50. The number of rotatable bonds is 4. The number of nitrogen functional groups attached to an aromatic ring is 1. The molecule has 2 aliphatic carbocycles. The second kappa shape index (κ2) is 6.80. The summed E-state index contributed by atoms with van der Waals surface area (Å²) in [4.78, 5) is 13.7. The van der Waals surface area contributed by atoms with Gasteiger partial charge in [0.05, 0.1) is 12.6 Å². The Balaban J connectivity index is 1.22. The number of aromatic nitrogens is 5. The molecule has 1 aromatic carbocycles. The number of alkyl halides is 2. The zero-order chi connectivity index (χ0) is 23.0. The lowest BCUT2D eigenvalue weighted by Gasteiger charge is -2.44. The molecule has 10 heteroatoms. The summed E-state index contributed by atoms with van der Waals surface area (Å²) in [6.45, 7) is 0. The molecule has 4 aromatic rings. The zero-order valence-electron chi connectivity index (χ0n) is 18.0. The normalized spacial score (nSPS) is 23.3. The number of fused-ring (bicyclic) bond motifs is 3. The molecule has 0 radical (unpaired) electrons. The number of para-hydroxylation sites is 1. The molecule has 33 heavy (non-hydrogen) atoms. The van der Waals surface area contributed by atoms with Gasteiger partial charge in [-0.25, -0.2) is 18.7 Å². The van der Waals surface area contributed by atoms with Gasteiger partial charge in [0, 0.05) is 42.0 Å². The van der Waals surface area contributed by atoms with Gasteiger partial charge in [0.2, 0.25) is 5.95 Å². The number of hydrogen-bond donors (Lipinski definition) is 2. The molecule has 0 saturated heterocycles. The van der Waals surface area contributed by atoms with Crippen LogP contribution in [0.15, 0.2) is 36.5 Å². The van der Waals surface area contributed by atoms with E-state index in [1.165, 1.54) is 0 Å². The lowest BCUT2D eigenvalue weighted by Crippen LogP contribution is -2.55. The van der Waals surface area contributed by atoms with Crippen molar-refractivity contribution in [2.45, 2.75) is 49.0 Å². The molecule has 0 bridgehead atoms. The Kier molecular flexibility index (Phi) is 4.17. The number of methoxy groups -OCH3 is 1. The summed E-state index contributed by atoms with van der Waals surface area (Å²) in [6.07, 6.45) is 2.69. The van der Waals surface area contributed by atoms with E-state index in [9.17, 15) is 8.78 Å². The van der Waals surface area contributed by atoms with Crippen LogP contribution < -0.4 is 16.2 Å². The van der Waals surface area contributed by atoms with Crippen LogP contribution in [0.5, 0.6) is 5.75 Å². The third-order valence-corrected chi connectivity index (χ3v) is 6.96. The minimum atomic E-state index is -2.68. The second-order valence-electron chi connectivity index (χ2n) is 9.23.